The summed E-state index contributed by atoms with van der Waals surface area (Å²) in [6, 6.07) is 40.7. The van der Waals surface area contributed by atoms with Crippen LogP contribution in [0.3, 0.4) is 0 Å². The van der Waals surface area contributed by atoms with Crippen molar-refractivity contribution in [1.29, 1.82) is 0 Å². The maximum absolute atomic E-state index is 12.5. The zero-order chi connectivity index (χ0) is 37.6. The Labute approximate surface area is 311 Å². The minimum absolute atomic E-state index is 0.150. The third kappa shape index (κ3) is 11.4. The highest BCUT2D eigenvalue weighted by Crippen LogP contribution is 2.32. The molecule has 53 heavy (non-hydrogen) atoms. The molecule has 0 spiro atoms. The number of para-hydroxylation sites is 1. The molecule has 5 rings (SSSR count). The fourth-order valence-electron chi connectivity index (χ4n) is 5.19. The fraction of sp³-hybridized carbons (Fsp3) is 0.200. The molecule has 0 aromatic heterocycles. The molecule has 0 fully saturated rings. The van der Waals surface area contributed by atoms with Crippen LogP contribution in [0.1, 0.15) is 32.3 Å². The van der Waals surface area contributed by atoms with E-state index in [-0.39, 0.29) is 37.2 Å². The first kappa shape index (κ1) is 38.0. The van der Waals surface area contributed by atoms with Crippen LogP contribution in [0, 0.1) is 6.92 Å². The van der Waals surface area contributed by atoms with Gasteiger partial charge in [-0.2, -0.15) is 0 Å². The minimum atomic E-state index is -0.933. The van der Waals surface area contributed by atoms with Crippen LogP contribution in [0.2, 0.25) is 0 Å². The first-order chi connectivity index (χ1) is 25.7. The molecule has 5 aromatic rings. The number of aryl methyl sites for hydroxylation is 1. The van der Waals surface area contributed by atoms with E-state index in [1.807, 2.05) is 128 Å². The third-order valence-corrected chi connectivity index (χ3v) is 8.02. The summed E-state index contributed by atoms with van der Waals surface area (Å²) in [4.78, 5) is 25.0. The number of hydrogen-bond acceptors (Lipinski definition) is 8. The maximum Gasteiger partial charge on any atom is 0.336 e. The van der Waals surface area contributed by atoms with E-state index in [4.69, 9.17) is 28.4 Å². The van der Waals surface area contributed by atoms with Crippen molar-refractivity contribution in [3.63, 3.8) is 0 Å². The molecule has 2 atom stereocenters. The van der Waals surface area contributed by atoms with Gasteiger partial charge < -0.3 is 28.4 Å². The zero-order valence-corrected chi connectivity index (χ0v) is 30.3. The molecule has 0 bridgehead atoms. The second kappa shape index (κ2) is 18.8. The number of rotatable bonds is 18. The van der Waals surface area contributed by atoms with Gasteiger partial charge in [0.2, 0.25) is 12.6 Å². The van der Waals surface area contributed by atoms with Crippen molar-refractivity contribution in [3.8, 4) is 45.3 Å². The number of carbonyl (C=O) groups excluding carboxylic acids is 2. The standard InChI is InChI=1S/C45H44O8/c1-31(2)44(46)52-41(50-38-23-19-36(20-24-38)34-14-8-6-9-15-34)27-29-48-40-18-12-13-33(5)43(40)49-30-28-42(53-45(47)32(3)4)51-39-25-21-37(22-26-39)35-16-10-7-11-17-35/h6-26,41-42H,1,3,27-30H2,2,4-5H3. The van der Waals surface area contributed by atoms with E-state index >= 15 is 0 Å². The van der Waals surface area contributed by atoms with E-state index in [0.29, 0.717) is 23.0 Å². The highest BCUT2D eigenvalue weighted by molar-refractivity contribution is 5.87. The van der Waals surface area contributed by atoms with Crippen LogP contribution >= 0.6 is 0 Å². The Morgan fingerprint density at radius 2 is 0.943 bits per heavy atom. The fourth-order valence-corrected chi connectivity index (χ4v) is 5.19. The van der Waals surface area contributed by atoms with Gasteiger partial charge in [-0.3, -0.25) is 0 Å². The second-order valence-corrected chi connectivity index (χ2v) is 12.4. The second-order valence-electron chi connectivity index (χ2n) is 12.4. The topological polar surface area (TPSA) is 89.5 Å². The van der Waals surface area contributed by atoms with Crippen molar-refractivity contribution in [1.82, 2.24) is 0 Å². The number of hydrogen-bond donors (Lipinski definition) is 0. The van der Waals surface area contributed by atoms with Gasteiger partial charge in [0.1, 0.15) is 11.5 Å². The van der Waals surface area contributed by atoms with Crippen LogP contribution in [0.25, 0.3) is 22.3 Å². The van der Waals surface area contributed by atoms with Gasteiger partial charge >= 0.3 is 11.9 Å². The third-order valence-electron chi connectivity index (χ3n) is 8.02. The van der Waals surface area contributed by atoms with Gasteiger partial charge in [-0.25, -0.2) is 9.59 Å². The average molecular weight is 713 g/mol. The van der Waals surface area contributed by atoms with E-state index in [9.17, 15) is 9.59 Å². The molecule has 0 aliphatic heterocycles. The molecule has 0 aliphatic carbocycles. The Kier molecular flexibility index (Phi) is 13.5. The number of carbonyl (C=O) groups is 2. The van der Waals surface area contributed by atoms with Gasteiger partial charge in [-0.15, -0.1) is 0 Å². The van der Waals surface area contributed by atoms with Gasteiger partial charge in [-0.05, 0) is 78.9 Å². The molecule has 8 heteroatoms. The molecule has 8 nitrogen and oxygen atoms in total. The van der Waals surface area contributed by atoms with E-state index in [1.54, 1.807) is 19.9 Å². The van der Waals surface area contributed by atoms with Crippen molar-refractivity contribution < 1.29 is 38.0 Å². The molecule has 0 aliphatic rings. The van der Waals surface area contributed by atoms with Crippen molar-refractivity contribution in [2.24, 2.45) is 0 Å². The summed E-state index contributed by atoms with van der Waals surface area (Å²) in [7, 11) is 0. The largest absolute Gasteiger partial charge is 0.489 e. The Hall–Kier alpha value is -6.28. The number of benzene rings is 5. The van der Waals surface area contributed by atoms with Crippen LogP contribution in [0.15, 0.2) is 152 Å². The first-order valence-electron chi connectivity index (χ1n) is 17.4. The summed E-state index contributed by atoms with van der Waals surface area (Å²) >= 11 is 0. The van der Waals surface area contributed by atoms with E-state index in [1.165, 1.54) is 0 Å². The predicted octanol–water partition coefficient (Wildman–Crippen LogP) is 9.92. The van der Waals surface area contributed by atoms with Gasteiger partial charge in [0.25, 0.3) is 0 Å². The summed E-state index contributed by atoms with van der Waals surface area (Å²) in [5.74, 6) is 0.979. The Morgan fingerprint density at radius 1 is 0.528 bits per heavy atom. The number of ether oxygens (including phenoxy) is 6. The summed E-state index contributed by atoms with van der Waals surface area (Å²) in [5.41, 5.74) is 5.59. The van der Waals surface area contributed by atoms with Crippen molar-refractivity contribution in [3.05, 3.63) is 157 Å². The summed E-state index contributed by atoms with van der Waals surface area (Å²) < 4.78 is 35.7. The van der Waals surface area contributed by atoms with Gasteiger partial charge in [-0.1, -0.05) is 110 Å². The summed E-state index contributed by atoms with van der Waals surface area (Å²) in [5, 5.41) is 0. The first-order valence-corrected chi connectivity index (χ1v) is 17.4. The molecule has 0 N–H and O–H groups in total. The van der Waals surface area contributed by atoms with Gasteiger partial charge in [0.05, 0.1) is 26.1 Å². The quantitative estimate of drug-likeness (QED) is 0.0504. The molecular weight excluding hydrogens is 668 g/mol. The SMILES string of the molecule is C=C(C)C(=O)OC(CCOc1cccc(C)c1OCCC(OC(=O)C(=C)C)Oc1ccc(-c2ccccc2)cc1)Oc1ccc(-c2ccccc2)cc1. The summed E-state index contributed by atoms with van der Waals surface area (Å²) in [6.07, 6.45) is -1.41. The molecule has 0 saturated heterocycles. The van der Waals surface area contributed by atoms with Crippen LogP contribution in [0.5, 0.6) is 23.0 Å². The summed E-state index contributed by atoms with van der Waals surface area (Å²) in [6.45, 7) is 12.8. The van der Waals surface area contributed by atoms with E-state index < -0.39 is 24.5 Å². The Morgan fingerprint density at radius 3 is 1.38 bits per heavy atom. The van der Waals surface area contributed by atoms with Gasteiger partial charge in [0.15, 0.2) is 11.5 Å². The van der Waals surface area contributed by atoms with Crippen molar-refractivity contribution in [2.45, 2.75) is 46.2 Å². The van der Waals surface area contributed by atoms with Crippen LogP contribution in [-0.4, -0.2) is 37.7 Å². The van der Waals surface area contributed by atoms with Crippen LogP contribution in [-0.2, 0) is 19.1 Å². The van der Waals surface area contributed by atoms with Crippen molar-refractivity contribution >= 4 is 11.9 Å². The molecule has 0 saturated carbocycles. The normalized spacial score (nSPS) is 11.8. The number of esters is 2. The molecule has 0 heterocycles. The lowest BCUT2D eigenvalue weighted by Crippen LogP contribution is -2.27. The molecule has 5 aromatic carbocycles. The molecule has 0 amide bonds. The smallest absolute Gasteiger partial charge is 0.336 e. The monoisotopic (exact) mass is 712 g/mol. The van der Waals surface area contributed by atoms with E-state index in [2.05, 4.69) is 13.2 Å². The highest BCUT2D eigenvalue weighted by atomic mass is 16.7. The lowest BCUT2D eigenvalue weighted by molar-refractivity contribution is -0.161. The van der Waals surface area contributed by atoms with E-state index in [0.717, 1.165) is 27.8 Å². The van der Waals surface area contributed by atoms with Crippen LogP contribution in [0.4, 0.5) is 0 Å². The molecule has 272 valence electrons. The zero-order valence-electron chi connectivity index (χ0n) is 30.3. The lowest BCUT2D eigenvalue weighted by Gasteiger charge is -2.22. The molecule has 2 unspecified atom stereocenters. The van der Waals surface area contributed by atoms with Gasteiger partial charge in [0, 0.05) is 11.1 Å². The maximum atomic E-state index is 12.5. The molecular formula is C45H44O8. The van der Waals surface area contributed by atoms with Crippen LogP contribution < -0.4 is 18.9 Å². The Bertz CT molecular complexity index is 1970. The highest BCUT2D eigenvalue weighted by Gasteiger charge is 2.20. The Balaban J connectivity index is 1.20. The molecule has 0 radical (unpaired) electrons. The minimum Gasteiger partial charge on any atom is -0.489 e. The average Bonchev–Trinajstić information content (AvgIpc) is 3.17. The predicted molar refractivity (Wildman–Crippen MR) is 206 cm³/mol. The van der Waals surface area contributed by atoms with Crippen molar-refractivity contribution in [2.75, 3.05) is 13.2 Å². The lowest BCUT2D eigenvalue weighted by atomic mass is 10.1.